The first-order chi connectivity index (χ1) is 9.41. The Morgan fingerprint density at radius 2 is 1.80 bits per heavy atom. The van der Waals surface area contributed by atoms with Crippen molar-refractivity contribution in [3.05, 3.63) is 0 Å². The molecule has 0 aliphatic carbocycles. The summed E-state index contributed by atoms with van der Waals surface area (Å²) < 4.78 is 22.6. The Balaban J connectivity index is 1.84. The number of sulfone groups is 1. The number of carbonyl (C=O) groups excluding carboxylic acids is 3. The summed E-state index contributed by atoms with van der Waals surface area (Å²) in [5.41, 5.74) is 0. The van der Waals surface area contributed by atoms with Crippen LogP contribution in [0.2, 0.25) is 0 Å². The van der Waals surface area contributed by atoms with Crippen molar-refractivity contribution in [2.45, 2.75) is 12.5 Å². The van der Waals surface area contributed by atoms with E-state index in [1.54, 1.807) is 0 Å². The number of rotatable bonds is 2. The second-order valence-electron chi connectivity index (χ2n) is 5.01. The van der Waals surface area contributed by atoms with Gasteiger partial charge in [0.2, 0.25) is 6.41 Å². The third kappa shape index (κ3) is 3.47. The number of carbonyl (C=O) groups is 3. The van der Waals surface area contributed by atoms with Crippen LogP contribution in [0.1, 0.15) is 6.42 Å². The first kappa shape index (κ1) is 14.8. The van der Waals surface area contributed by atoms with Crippen LogP contribution in [0.15, 0.2) is 0 Å². The van der Waals surface area contributed by atoms with Gasteiger partial charge in [0.15, 0.2) is 9.84 Å². The van der Waals surface area contributed by atoms with Crippen LogP contribution in [0.3, 0.4) is 0 Å². The lowest BCUT2D eigenvalue weighted by Gasteiger charge is -2.32. The van der Waals surface area contributed by atoms with Crippen LogP contribution < -0.4 is 5.32 Å². The summed E-state index contributed by atoms with van der Waals surface area (Å²) in [6.07, 6.45) is 1.06. The quantitative estimate of drug-likeness (QED) is 0.452. The van der Waals surface area contributed by atoms with E-state index in [4.69, 9.17) is 0 Å². The highest BCUT2D eigenvalue weighted by Gasteiger charge is 2.32. The predicted molar refractivity (Wildman–Crippen MR) is 69.4 cm³/mol. The largest absolute Gasteiger partial charge is 0.344 e. The number of amides is 3. The van der Waals surface area contributed by atoms with Crippen molar-refractivity contribution in [1.29, 1.82) is 0 Å². The molecular weight excluding hydrogens is 286 g/mol. The predicted octanol–water partition coefficient (Wildman–Crippen LogP) is -2.41. The molecule has 9 heteroatoms. The molecule has 3 amide bonds. The highest BCUT2D eigenvalue weighted by molar-refractivity contribution is 7.91. The van der Waals surface area contributed by atoms with Gasteiger partial charge in [0.05, 0.1) is 11.5 Å². The van der Waals surface area contributed by atoms with Gasteiger partial charge in [-0.2, -0.15) is 0 Å². The molecule has 1 unspecified atom stereocenters. The van der Waals surface area contributed by atoms with Gasteiger partial charge in [-0.05, 0) is 6.42 Å². The molecule has 0 aromatic heterocycles. The minimum absolute atomic E-state index is 0.0458. The standard InChI is InChI=1S/C11H17N3O5S/c15-8-13-2-4-14(5-3-13)11(17)10(16)12-9-1-6-20(18,19)7-9/h8-9H,1-7H2,(H,12,16). The maximum Gasteiger partial charge on any atom is 0.312 e. The number of hydrogen-bond donors (Lipinski definition) is 1. The Bertz CT molecular complexity index is 510. The van der Waals surface area contributed by atoms with Crippen molar-refractivity contribution in [2.24, 2.45) is 0 Å². The van der Waals surface area contributed by atoms with E-state index in [1.807, 2.05) is 0 Å². The fourth-order valence-corrected chi connectivity index (χ4v) is 4.00. The zero-order valence-electron chi connectivity index (χ0n) is 10.9. The van der Waals surface area contributed by atoms with Crippen molar-refractivity contribution in [3.8, 4) is 0 Å². The summed E-state index contributed by atoms with van der Waals surface area (Å²) in [6.45, 7) is 1.43. The van der Waals surface area contributed by atoms with Gasteiger partial charge in [-0.15, -0.1) is 0 Å². The minimum atomic E-state index is -3.09. The summed E-state index contributed by atoms with van der Waals surface area (Å²) >= 11 is 0. The second kappa shape index (κ2) is 5.78. The fraction of sp³-hybridized carbons (Fsp3) is 0.727. The van der Waals surface area contributed by atoms with E-state index >= 15 is 0 Å². The second-order valence-corrected chi connectivity index (χ2v) is 7.24. The minimum Gasteiger partial charge on any atom is -0.344 e. The average Bonchev–Trinajstić information content (AvgIpc) is 2.77. The molecule has 8 nitrogen and oxygen atoms in total. The first-order valence-electron chi connectivity index (χ1n) is 6.41. The normalized spacial score (nSPS) is 25.3. The zero-order valence-corrected chi connectivity index (χ0v) is 11.8. The maximum atomic E-state index is 11.9. The lowest BCUT2D eigenvalue weighted by molar-refractivity contribution is -0.147. The lowest BCUT2D eigenvalue weighted by Crippen LogP contribution is -2.53. The average molecular weight is 303 g/mol. The SMILES string of the molecule is O=CN1CCN(C(=O)C(=O)NC2CCS(=O)(=O)C2)CC1. The van der Waals surface area contributed by atoms with Crippen LogP contribution in [0.25, 0.3) is 0 Å². The Kier molecular flexibility index (Phi) is 4.26. The highest BCUT2D eigenvalue weighted by atomic mass is 32.2. The van der Waals surface area contributed by atoms with Gasteiger partial charge >= 0.3 is 11.8 Å². The van der Waals surface area contributed by atoms with Crippen molar-refractivity contribution in [3.63, 3.8) is 0 Å². The molecule has 1 N–H and O–H groups in total. The smallest absolute Gasteiger partial charge is 0.312 e. The Hall–Kier alpha value is -1.64. The number of nitrogens with one attached hydrogen (secondary N) is 1. The molecule has 0 spiro atoms. The molecular formula is C11H17N3O5S. The van der Waals surface area contributed by atoms with E-state index in [2.05, 4.69) is 5.32 Å². The summed E-state index contributed by atoms with van der Waals surface area (Å²) in [7, 11) is -3.09. The summed E-state index contributed by atoms with van der Waals surface area (Å²) in [5.74, 6) is -1.50. The van der Waals surface area contributed by atoms with Crippen molar-refractivity contribution in [1.82, 2.24) is 15.1 Å². The van der Waals surface area contributed by atoms with Crippen LogP contribution in [-0.4, -0.2) is 80.2 Å². The topological polar surface area (TPSA) is 104 Å². The molecule has 2 fully saturated rings. The zero-order chi connectivity index (χ0) is 14.8. The molecule has 2 saturated heterocycles. The lowest BCUT2D eigenvalue weighted by atomic mass is 10.2. The Labute approximate surface area is 117 Å². The van der Waals surface area contributed by atoms with E-state index in [0.29, 0.717) is 39.0 Å². The van der Waals surface area contributed by atoms with Crippen LogP contribution in [-0.2, 0) is 24.2 Å². The summed E-state index contributed by atoms with van der Waals surface area (Å²) in [5, 5.41) is 2.46. The number of piperazine rings is 1. The third-order valence-corrected chi connectivity index (χ3v) is 5.28. The molecule has 2 aliphatic rings. The van der Waals surface area contributed by atoms with E-state index in [-0.39, 0.29) is 11.5 Å². The monoisotopic (exact) mass is 303 g/mol. The van der Waals surface area contributed by atoms with E-state index in [9.17, 15) is 22.8 Å². The highest BCUT2D eigenvalue weighted by Crippen LogP contribution is 2.11. The van der Waals surface area contributed by atoms with Gasteiger partial charge in [0.25, 0.3) is 0 Å². The summed E-state index contributed by atoms with van der Waals surface area (Å²) in [6, 6.07) is -0.479. The molecule has 0 aromatic carbocycles. The maximum absolute atomic E-state index is 11.9. The molecule has 0 radical (unpaired) electrons. The van der Waals surface area contributed by atoms with Crippen LogP contribution >= 0.6 is 0 Å². The van der Waals surface area contributed by atoms with Gasteiger partial charge in [-0.25, -0.2) is 8.42 Å². The molecule has 112 valence electrons. The molecule has 0 saturated carbocycles. The Morgan fingerprint density at radius 1 is 1.15 bits per heavy atom. The van der Waals surface area contributed by atoms with Crippen molar-refractivity contribution in [2.75, 3.05) is 37.7 Å². The number of hydrogen-bond acceptors (Lipinski definition) is 5. The fourth-order valence-electron chi connectivity index (χ4n) is 2.33. The van der Waals surface area contributed by atoms with Crippen LogP contribution in [0.4, 0.5) is 0 Å². The molecule has 20 heavy (non-hydrogen) atoms. The molecule has 0 bridgehead atoms. The third-order valence-electron chi connectivity index (χ3n) is 3.51. The molecule has 2 rings (SSSR count). The molecule has 2 aliphatic heterocycles. The van der Waals surface area contributed by atoms with Gasteiger partial charge in [0.1, 0.15) is 0 Å². The van der Waals surface area contributed by atoms with Gasteiger partial charge in [0, 0.05) is 32.2 Å². The number of nitrogens with zero attached hydrogens (tertiary/aromatic N) is 2. The molecule has 0 aromatic rings. The molecule has 2 heterocycles. The van der Waals surface area contributed by atoms with E-state index in [1.165, 1.54) is 9.80 Å². The van der Waals surface area contributed by atoms with Crippen molar-refractivity contribution < 1.29 is 22.8 Å². The van der Waals surface area contributed by atoms with E-state index < -0.39 is 27.7 Å². The Morgan fingerprint density at radius 3 is 2.30 bits per heavy atom. The van der Waals surface area contributed by atoms with Crippen LogP contribution in [0, 0.1) is 0 Å². The van der Waals surface area contributed by atoms with Crippen LogP contribution in [0.5, 0.6) is 0 Å². The van der Waals surface area contributed by atoms with Gasteiger partial charge in [-0.3, -0.25) is 14.4 Å². The van der Waals surface area contributed by atoms with Crippen molar-refractivity contribution >= 4 is 28.1 Å². The first-order valence-corrected chi connectivity index (χ1v) is 8.23. The van der Waals surface area contributed by atoms with Gasteiger partial charge in [-0.1, -0.05) is 0 Å². The van der Waals surface area contributed by atoms with E-state index in [0.717, 1.165) is 0 Å². The van der Waals surface area contributed by atoms with Gasteiger partial charge < -0.3 is 15.1 Å². The molecule has 1 atom stereocenters. The summed E-state index contributed by atoms with van der Waals surface area (Å²) in [4.78, 5) is 37.1.